The van der Waals surface area contributed by atoms with Gasteiger partial charge in [-0.25, -0.2) is 4.98 Å². The second-order valence-corrected chi connectivity index (χ2v) is 2.61. The number of rotatable bonds is 0. The van der Waals surface area contributed by atoms with Gasteiger partial charge in [0.2, 0.25) is 5.95 Å². The molecular formula is C4H2BrFN2S. The molecule has 1 aromatic heterocycles. The summed E-state index contributed by atoms with van der Waals surface area (Å²) >= 11 is 7.56. The lowest BCUT2D eigenvalue weighted by molar-refractivity contribution is 0.570. The summed E-state index contributed by atoms with van der Waals surface area (Å²) < 4.78 is 12.8. The third-order valence-corrected chi connectivity index (χ3v) is 1.39. The van der Waals surface area contributed by atoms with Crippen molar-refractivity contribution in [2.24, 2.45) is 0 Å². The number of aromatic amines is 1. The van der Waals surface area contributed by atoms with Crippen molar-refractivity contribution >= 4 is 28.1 Å². The lowest BCUT2D eigenvalue weighted by Gasteiger charge is -1.88. The molecule has 0 saturated heterocycles. The number of hydrogen-bond acceptors (Lipinski definition) is 2. The van der Waals surface area contributed by atoms with E-state index in [-0.39, 0.29) is 4.64 Å². The third kappa shape index (κ3) is 1.56. The van der Waals surface area contributed by atoms with Crippen LogP contribution in [0.4, 0.5) is 4.39 Å². The summed E-state index contributed by atoms with van der Waals surface area (Å²) in [6, 6.07) is 0. The van der Waals surface area contributed by atoms with Crippen LogP contribution < -0.4 is 0 Å². The Labute approximate surface area is 64.3 Å². The second kappa shape index (κ2) is 2.53. The van der Waals surface area contributed by atoms with Gasteiger partial charge in [-0.1, -0.05) is 12.2 Å². The average Bonchev–Trinajstić information content (AvgIpc) is 1.80. The minimum Gasteiger partial charge on any atom is -0.336 e. The molecule has 9 heavy (non-hydrogen) atoms. The topological polar surface area (TPSA) is 28.7 Å². The molecule has 0 aromatic carbocycles. The fraction of sp³-hybridized carbons (Fsp3) is 0. The van der Waals surface area contributed by atoms with Gasteiger partial charge in [-0.15, -0.1) is 0 Å². The zero-order valence-electron chi connectivity index (χ0n) is 4.19. The van der Waals surface area contributed by atoms with Crippen LogP contribution in [-0.2, 0) is 0 Å². The lowest BCUT2D eigenvalue weighted by atomic mass is 10.7. The van der Waals surface area contributed by atoms with Gasteiger partial charge in [0.05, 0.1) is 6.20 Å². The zero-order chi connectivity index (χ0) is 6.85. The highest BCUT2D eigenvalue weighted by atomic mass is 79.9. The van der Waals surface area contributed by atoms with Crippen LogP contribution in [0.2, 0.25) is 0 Å². The molecule has 1 heterocycles. The molecule has 0 fully saturated rings. The van der Waals surface area contributed by atoms with E-state index in [2.05, 4.69) is 38.1 Å². The summed E-state index contributed by atoms with van der Waals surface area (Å²) in [6.45, 7) is 0. The molecule has 48 valence electrons. The van der Waals surface area contributed by atoms with Crippen LogP contribution >= 0.6 is 28.1 Å². The molecule has 1 aromatic rings. The van der Waals surface area contributed by atoms with E-state index in [1.807, 2.05) is 0 Å². The van der Waals surface area contributed by atoms with E-state index in [1.54, 1.807) is 0 Å². The van der Waals surface area contributed by atoms with E-state index in [0.717, 1.165) is 0 Å². The van der Waals surface area contributed by atoms with Crippen molar-refractivity contribution in [3.63, 3.8) is 0 Å². The smallest absolute Gasteiger partial charge is 0.247 e. The van der Waals surface area contributed by atoms with Gasteiger partial charge in [0.15, 0.2) is 4.64 Å². The van der Waals surface area contributed by atoms with E-state index in [4.69, 9.17) is 0 Å². The predicted octanol–water partition coefficient (Wildman–Crippen LogP) is 2.04. The summed E-state index contributed by atoms with van der Waals surface area (Å²) in [5.41, 5.74) is 0. The summed E-state index contributed by atoms with van der Waals surface area (Å²) in [6.07, 6.45) is 1.31. The van der Waals surface area contributed by atoms with Gasteiger partial charge in [-0.05, 0) is 15.9 Å². The molecule has 0 aliphatic carbocycles. The Balaban J connectivity index is 3.34. The fourth-order valence-corrected chi connectivity index (χ4v) is 0.959. The Bertz CT molecular complexity index is 272. The number of nitrogens with zero attached hydrogens (tertiary/aromatic N) is 1. The maximum Gasteiger partial charge on any atom is 0.247 e. The molecule has 0 radical (unpaired) electrons. The van der Waals surface area contributed by atoms with Crippen molar-refractivity contribution in [2.75, 3.05) is 0 Å². The number of hydrogen-bond donors (Lipinski definition) is 1. The summed E-state index contributed by atoms with van der Waals surface area (Å²) in [7, 11) is 0. The van der Waals surface area contributed by atoms with E-state index < -0.39 is 5.95 Å². The monoisotopic (exact) mass is 208 g/mol. The normalized spacial score (nSPS) is 9.56. The maximum atomic E-state index is 12.2. The molecule has 1 N–H and O–H groups in total. The average molecular weight is 209 g/mol. The van der Waals surface area contributed by atoms with Crippen molar-refractivity contribution in [3.8, 4) is 0 Å². The van der Waals surface area contributed by atoms with Crippen molar-refractivity contribution in [1.29, 1.82) is 0 Å². The van der Waals surface area contributed by atoms with E-state index in [9.17, 15) is 4.39 Å². The first kappa shape index (κ1) is 6.82. The minimum atomic E-state index is -0.645. The zero-order valence-corrected chi connectivity index (χ0v) is 6.59. The minimum absolute atomic E-state index is 0.0179. The quantitative estimate of drug-likeness (QED) is 0.662. The Morgan fingerprint density at radius 3 is 2.89 bits per heavy atom. The van der Waals surface area contributed by atoms with Crippen LogP contribution in [0.15, 0.2) is 10.8 Å². The van der Waals surface area contributed by atoms with Crippen molar-refractivity contribution in [2.45, 2.75) is 0 Å². The molecule has 0 saturated carbocycles. The molecule has 0 amide bonds. The third-order valence-electron chi connectivity index (χ3n) is 0.712. The lowest BCUT2D eigenvalue weighted by Crippen LogP contribution is -1.86. The summed E-state index contributed by atoms with van der Waals surface area (Å²) in [4.78, 5) is 5.86. The molecule has 2 nitrogen and oxygen atoms in total. The van der Waals surface area contributed by atoms with Crippen LogP contribution in [-0.4, -0.2) is 9.97 Å². The predicted molar refractivity (Wildman–Crippen MR) is 37.1 cm³/mol. The van der Waals surface area contributed by atoms with Crippen LogP contribution in [0.1, 0.15) is 0 Å². The van der Waals surface area contributed by atoms with E-state index >= 15 is 0 Å². The Kier molecular flexibility index (Phi) is 1.92. The van der Waals surface area contributed by atoms with Gasteiger partial charge in [0.25, 0.3) is 0 Å². The van der Waals surface area contributed by atoms with Crippen LogP contribution in [0.25, 0.3) is 0 Å². The van der Waals surface area contributed by atoms with Crippen molar-refractivity contribution < 1.29 is 4.39 Å². The standard InChI is InChI=1S/C4H2BrFN2S/c5-2-1-7-3(6)4(9)8-2/h1H,(H,8,9). The summed E-state index contributed by atoms with van der Waals surface area (Å²) in [5.74, 6) is -0.645. The highest BCUT2D eigenvalue weighted by molar-refractivity contribution is 9.10. The number of halogens is 2. The molecule has 0 aliphatic heterocycles. The van der Waals surface area contributed by atoms with Gasteiger partial charge in [0, 0.05) is 0 Å². The number of H-pyrrole nitrogens is 1. The molecule has 0 atom stereocenters. The molecule has 5 heteroatoms. The second-order valence-electron chi connectivity index (χ2n) is 1.35. The highest BCUT2D eigenvalue weighted by Gasteiger charge is 1.92. The van der Waals surface area contributed by atoms with E-state index in [0.29, 0.717) is 4.60 Å². The molecule has 0 aliphatic rings. The Hall–Kier alpha value is -0.290. The largest absolute Gasteiger partial charge is 0.336 e. The van der Waals surface area contributed by atoms with Crippen molar-refractivity contribution in [1.82, 2.24) is 9.97 Å². The molecule has 0 unspecified atom stereocenters. The highest BCUT2D eigenvalue weighted by Crippen LogP contribution is 2.02. The first-order chi connectivity index (χ1) is 4.20. The van der Waals surface area contributed by atoms with E-state index in [1.165, 1.54) is 6.20 Å². The van der Waals surface area contributed by atoms with Gasteiger partial charge in [0.1, 0.15) is 4.60 Å². The van der Waals surface area contributed by atoms with Gasteiger partial charge in [-0.3, -0.25) is 0 Å². The molecule has 1 rings (SSSR count). The summed E-state index contributed by atoms with van der Waals surface area (Å²) in [5, 5.41) is 0. The number of nitrogens with one attached hydrogen (secondary N) is 1. The van der Waals surface area contributed by atoms with Gasteiger partial charge in [-0.2, -0.15) is 4.39 Å². The maximum absolute atomic E-state index is 12.2. The molecular weight excluding hydrogens is 207 g/mol. The number of aromatic nitrogens is 2. The SMILES string of the molecule is Fc1ncc(Br)[nH]c1=S. The van der Waals surface area contributed by atoms with Crippen LogP contribution in [0, 0.1) is 10.6 Å². The first-order valence-electron chi connectivity index (χ1n) is 2.10. The Morgan fingerprint density at radius 1 is 1.78 bits per heavy atom. The van der Waals surface area contributed by atoms with Crippen LogP contribution in [0.3, 0.4) is 0 Å². The van der Waals surface area contributed by atoms with Gasteiger partial charge < -0.3 is 4.98 Å². The van der Waals surface area contributed by atoms with Crippen LogP contribution in [0.5, 0.6) is 0 Å². The van der Waals surface area contributed by atoms with Gasteiger partial charge >= 0.3 is 0 Å². The van der Waals surface area contributed by atoms with Crippen molar-refractivity contribution in [3.05, 3.63) is 21.4 Å². The molecule has 0 spiro atoms. The Morgan fingerprint density at radius 2 is 2.44 bits per heavy atom. The fourth-order valence-electron chi connectivity index (χ4n) is 0.364. The first-order valence-corrected chi connectivity index (χ1v) is 3.30. The molecule has 0 bridgehead atoms.